The molecule has 1 atom stereocenters. The van der Waals surface area contributed by atoms with E-state index in [1.807, 2.05) is 19.9 Å². The molecule has 1 rings (SSSR count). The van der Waals surface area contributed by atoms with Crippen molar-refractivity contribution >= 4 is 22.4 Å². The van der Waals surface area contributed by atoms with E-state index in [0.717, 1.165) is 30.4 Å². The maximum Gasteiger partial charge on any atom is 0.131 e. The third-order valence-corrected chi connectivity index (χ3v) is 3.66. The number of rotatable bonds is 8. The van der Waals surface area contributed by atoms with Crippen LogP contribution in [0.4, 0.5) is 11.6 Å². The molecule has 2 N–H and O–H groups in total. The molecule has 5 nitrogen and oxygen atoms in total. The van der Waals surface area contributed by atoms with E-state index in [9.17, 15) is 4.21 Å². The Bertz CT molecular complexity index is 398. The van der Waals surface area contributed by atoms with Crippen molar-refractivity contribution in [2.24, 2.45) is 0 Å². The molecule has 0 aliphatic carbocycles. The van der Waals surface area contributed by atoms with E-state index in [2.05, 4.69) is 27.5 Å². The van der Waals surface area contributed by atoms with E-state index in [0.29, 0.717) is 18.1 Å². The van der Waals surface area contributed by atoms with Crippen molar-refractivity contribution < 1.29 is 4.21 Å². The highest BCUT2D eigenvalue weighted by molar-refractivity contribution is 7.84. The van der Waals surface area contributed by atoms with Crippen LogP contribution < -0.4 is 10.6 Å². The van der Waals surface area contributed by atoms with Crippen molar-refractivity contribution in [2.45, 2.75) is 27.2 Å². The van der Waals surface area contributed by atoms with Gasteiger partial charge in [0.1, 0.15) is 17.5 Å². The highest BCUT2D eigenvalue weighted by Gasteiger charge is 2.02. The summed E-state index contributed by atoms with van der Waals surface area (Å²) in [6, 6.07) is 1.89. The summed E-state index contributed by atoms with van der Waals surface area (Å²) in [4.78, 5) is 8.61. The SMILES string of the molecule is CCCNc1cc(NCCS(=O)CC)nc(C)n1. The minimum absolute atomic E-state index is 0.650. The van der Waals surface area contributed by atoms with E-state index in [4.69, 9.17) is 0 Å². The van der Waals surface area contributed by atoms with Crippen LogP contribution in [0.3, 0.4) is 0 Å². The van der Waals surface area contributed by atoms with Gasteiger partial charge in [-0.25, -0.2) is 9.97 Å². The van der Waals surface area contributed by atoms with Crippen molar-refractivity contribution in [3.8, 4) is 0 Å². The maximum absolute atomic E-state index is 11.3. The van der Waals surface area contributed by atoms with Gasteiger partial charge in [-0.2, -0.15) is 0 Å². The number of hydrogen-bond donors (Lipinski definition) is 2. The smallest absolute Gasteiger partial charge is 0.131 e. The average Bonchev–Trinajstić information content (AvgIpc) is 2.35. The number of nitrogens with zero attached hydrogens (tertiary/aromatic N) is 2. The molecule has 18 heavy (non-hydrogen) atoms. The molecular weight excluding hydrogens is 248 g/mol. The van der Waals surface area contributed by atoms with Crippen molar-refractivity contribution in [1.29, 1.82) is 0 Å². The first-order chi connectivity index (χ1) is 8.65. The summed E-state index contributed by atoms with van der Waals surface area (Å²) in [7, 11) is -0.738. The summed E-state index contributed by atoms with van der Waals surface area (Å²) in [6.45, 7) is 7.48. The normalized spacial score (nSPS) is 12.2. The van der Waals surface area contributed by atoms with E-state index in [1.54, 1.807) is 0 Å². The molecule has 102 valence electrons. The molecule has 0 saturated heterocycles. The second-order valence-corrected chi connectivity index (χ2v) is 5.84. The first-order valence-electron chi connectivity index (χ1n) is 6.34. The lowest BCUT2D eigenvalue weighted by molar-refractivity contribution is 0.684. The monoisotopic (exact) mass is 270 g/mol. The van der Waals surface area contributed by atoms with Gasteiger partial charge in [-0.15, -0.1) is 0 Å². The lowest BCUT2D eigenvalue weighted by Crippen LogP contribution is -2.14. The van der Waals surface area contributed by atoms with Crippen LogP contribution in [0.15, 0.2) is 6.07 Å². The molecule has 1 aromatic heterocycles. The Balaban J connectivity index is 2.54. The highest BCUT2D eigenvalue weighted by Crippen LogP contribution is 2.10. The van der Waals surface area contributed by atoms with Gasteiger partial charge in [0, 0.05) is 41.5 Å². The van der Waals surface area contributed by atoms with Crippen LogP contribution in [-0.4, -0.2) is 38.8 Å². The Morgan fingerprint density at radius 1 is 1.17 bits per heavy atom. The second-order valence-electron chi connectivity index (χ2n) is 3.97. The number of aryl methyl sites for hydroxylation is 1. The lowest BCUT2D eigenvalue weighted by Gasteiger charge is -2.09. The largest absolute Gasteiger partial charge is 0.370 e. The first-order valence-corrected chi connectivity index (χ1v) is 7.83. The van der Waals surface area contributed by atoms with Crippen molar-refractivity contribution in [3.63, 3.8) is 0 Å². The van der Waals surface area contributed by atoms with Gasteiger partial charge in [-0.3, -0.25) is 4.21 Å². The Labute approximate surface area is 111 Å². The van der Waals surface area contributed by atoms with Crippen LogP contribution in [0.2, 0.25) is 0 Å². The van der Waals surface area contributed by atoms with E-state index < -0.39 is 10.8 Å². The van der Waals surface area contributed by atoms with Gasteiger partial charge in [0.15, 0.2) is 0 Å². The molecule has 0 aliphatic rings. The summed E-state index contributed by atoms with van der Waals surface area (Å²) in [5, 5.41) is 6.42. The Kier molecular flexibility index (Phi) is 6.64. The maximum atomic E-state index is 11.3. The molecule has 1 aromatic rings. The molecule has 0 radical (unpaired) electrons. The van der Waals surface area contributed by atoms with Crippen molar-refractivity contribution in [2.75, 3.05) is 35.2 Å². The molecule has 0 aliphatic heterocycles. The van der Waals surface area contributed by atoms with Gasteiger partial charge in [0.25, 0.3) is 0 Å². The third kappa shape index (κ3) is 5.44. The zero-order valence-electron chi connectivity index (χ0n) is 11.3. The molecule has 0 amide bonds. The van der Waals surface area contributed by atoms with Gasteiger partial charge < -0.3 is 10.6 Å². The van der Waals surface area contributed by atoms with E-state index in [1.165, 1.54) is 0 Å². The molecule has 0 saturated carbocycles. The molecule has 0 bridgehead atoms. The summed E-state index contributed by atoms with van der Waals surface area (Å²) in [6.07, 6.45) is 1.06. The van der Waals surface area contributed by atoms with Crippen molar-refractivity contribution in [3.05, 3.63) is 11.9 Å². The summed E-state index contributed by atoms with van der Waals surface area (Å²) < 4.78 is 11.3. The first kappa shape index (κ1) is 14.9. The topological polar surface area (TPSA) is 66.9 Å². The molecule has 1 heterocycles. The molecule has 0 spiro atoms. The molecular formula is C12H22N4OS. The minimum atomic E-state index is -0.738. The average molecular weight is 270 g/mol. The minimum Gasteiger partial charge on any atom is -0.370 e. The van der Waals surface area contributed by atoms with Crippen LogP contribution in [0.25, 0.3) is 0 Å². The van der Waals surface area contributed by atoms with Crippen LogP contribution in [0, 0.1) is 6.92 Å². The lowest BCUT2D eigenvalue weighted by atomic mass is 10.4. The van der Waals surface area contributed by atoms with E-state index in [-0.39, 0.29) is 0 Å². The van der Waals surface area contributed by atoms with Gasteiger partial charge in [-0.05, 0) is 13.3 Å². The van der Waals surface area contributed by atoms with Gasteiger partial charge in [-0.1, -0.05) is 13.8 Å². The van der Waals surface area contributed by atoms with Gasteiger partial charge in [0.05, 0.1) is 0 Å². The molecule has 1 unspecified atom stereocenters. The van der Waals surface area contributed by atoms with Gasteiger partial charge >= 0.3 is 0 Å². The molecule has 6 heteroatoms. The third-order valence-electron chi connectivity index (χ3n) is 2.35. The highest BCUT2D eigenvalue weighted by atomic mass is 32.2. The Morgan fingerprint density at radius 3 is 2.33 bits per heavy atom. The summed E-state index contributed by atoms with van der Waals surface area (Å²) in [5.74, 6) is 3.71. The number of hydrogen-bond acceptors (Lipinski definition) is 5. The zero-order valence-corrected chi connectivity index (χ0v) is 12.1. The van der Waals surface area contributed by atoms with Gasteiger partial charge in [0.2, 0.25) is 0 Å². The summed E-state index contributed by atoms with van der Waals surface area (Å²) in [5.41, 5.74) is 0. The number of anilines is 2. The van der Waals surface area contributed by atoms with Crippen LogP contribution in [-0.2, 0) is 10.8 Å². The van der Waals surface area contributed by atoms with Crippen LogP contribution in [0.5, 0.6) is 0 Å². The fourth-order valence-corrected chi connectivity index (χ4v) is 2.06. The number of aromatic nitrogens is 2. The summed E-state index contributed by atoms with van der Waals surface area (Å²) >= 11 is 0. The molecule has 0 aromatic carbocycles. The predicted octanol–water partition coefficient (Wildman–Crippen LogP) is 1.79. The Morgan fingerprint density at radius 2 is 1.78 bits per heavy atom. The molecule has 0 fully saturated rings. The Hall–Kier alpha value is -1.17. The van der Waals surface area contributed by atoms with Crippen molar-refractivity contribution in [1.82, 2.24) is 9.97 Å². The van der Waals surface area contributed by atoms with E-state index >= 15 is 0 Å². The van der Waals surface area contributed by atoms with Crippen LogP contribution in [0.1, 0.15) is 26.1 Å². The standard InChI is InChI=1S/C12H22N4OS/c1-4-6-13-11-9-12(16-10(3)15-11)14-7-8-18(17)5-2/h9H,4-8H2,1-3H3,(H2,13,14,15,16). The zero-order chi connectivity index (χ0) is 13.4. The fraction of sp³-hybridized carbons (Fsp3) is 0.667. The number of nitrogens with one attached hydrogen (secondary N) is 2. The predicted molar refractivity (Wildman–Crippen MR) is 77.6 cm³/mol. The second kappa shape index (κ2) is 8.02. The van der Waals surface area contributed by atoms with Crippen LogP contribution >= 0.6 is 0 Å². The quantitative estimate of drug-likeness (QED) is 0.754. The fourth-order valence-electron chi connectivity index (χ4n) is 1.44.